The molecule has 3 atom stereocenters. The maximum Gasteiger partial charge on any atom is 0.326 e. The van der Waals surface area contributed by atoms with E-state index in [4.69, 9.17) is 5.11 Å². The van der Waals surface area contributed by atoms with Crippen LogP contribution < -0.4 is 10.6 Å². The van der Waals surface area contributed by atoms with Crippen molar-refractivity contribution in [3.8, 4) is 0 Å². The number of rotatable bonds is 9. The summed E-state index contributed by atoms with van der Waals surface area (Å²) < 4.78 is 0. The Morgan fingerprint density at radius 3 is 1.91 bits per heavy atom. The Hall–Kier alpha value is -1.63. The summed E-state index contributed by atoms with van der Waals surface area (Å²) in [6, 6.07) is -1.88. The van der Waals surface area contributed by atoms with E-state index in [1.807, 2.05) is 13.8 Å². The second-order valence-corrected chi connectivity index (χ2v) is 6.18. The molecule has 0 fully saturated rings. The summed E-state index contributed by atoms with van der Waals surface area (Å²) in [6.07, 6.45) is -0.577. The van der Waals surface area contributed by atoms with E-state index < -0.39 is 36.0 Å². The van der Waals surface area contributed by atoms with Gasteiger partial charge in [-0.15, -0.1) is 0 Å². The van der Waals surface area contributed by atoms with Crippen molar-refractivity contribution in [1.29, 1.82) is 0 Å². The van der Waals surface area contributed by atoms with E-state index in [1.54, 1.807) is 20.8 Å². The lowest BCUT2D eigenvalue weighted by Gasteiger charge is -2.25. The quantitative estimate of drug-likeness (QED) is 0.495. The fourth-order valence-electron chi connectivity index (χ4n) is 1.92. The fraction of sp³-hybridized carbons (Fsp3) is 0.800. The molecule has 0 aromatic carbocycles. The van der Waals surface area contributed by atoms with Gasteiger partial charge in [0.15, 0.2) is 0 Å². The molecule has 0 aromatic heterocycles. The number of nitrogens with one attached hydrogen (secondary N) is 2. The molecule has 0 aliphatic heterocycles. The molecule has 0 bridgehead atoms. The van der Waals surface area contributed by atoms with Crippen LogP contribution in [0.3, 0.4) is 0 Å². The second-order valence-electron chi connectivity index (χ2n) is 6.18. The summed E-state index contributed by atoms with van der Waals surface area (Å²) in [4.78, 5) is 35.2. The number of aliphatic carboxylic acids is 1. The molecular weight excluding hydrogens is 288 g/mol. The summed E-state index contributed by atoms with van der Waals surface area (Å²) in [5, 5.41) is 23.6. The van der Waals surface area contributed by atoms with Gasteiger partial charge in [0.25, 0.3) is 0 Å². The molecule has 0 radical (unpaired) electrons. The largest absolute Gasteiger partial charge is 0.480 e. The first kappa shape index (κ1) is 20.4. The van der Waals surface area contributed by atoms with Crippen molar-refractivity contribution < 1.29 is 24.6 Å². The van der Waals surface area contributed by atoms with E-state index in [0.29, 0.717) is 6.42 Å². The highest BCUT2D eigenvalue weighted by Gasteiger charge is 2.29. The van der Waals surface area contributed by atoms with E-state index in [1.165, 1.54) is 0 Å². The Morgan fingerprint density at radius 1 is 1.00 bits per heavy atom. The Balaban J connectivity index is 4.98. The van der Waals surface area contributed by atoms with E-state index in [-0.39, 0.29) is 18.3 Å². The zero-order valence-corrected chi connectivity index (χ0v) is 13.9. The maximum absolute atomic E-state index is 12.3. The third-order valence-electron chi connectivity index (χ3n) is 3.26. The highest BCUT2D eigenvalue weighted by Crippen LogP contribution is 2.08. The lowest BCUT2D eigenvalue weighted by Crippen LogP contribution is -2.54. The van der Waals surface area contributed by atoms with Crippen LogP contribution in [0.4, 0.5) is 0 Å². The number of carboxylic acid groups (broad SMARTS) is 1. The Labute approximate surface area is 131 Å². The number of carbonyl (C=O) groups is 3. The monoisotopic (exact) mass is 316 g/mol. The van der Waals surface area contributed by atoms with Crippen LogP contribution in [-0.4, -0.2) is 46.2 Å². The van der Waals surface area contributed by atoms with Crippen molar-refractivity contribution in [2.45, 2.75) is 65.6 Å². The first-order chi connectivity index (χ1) is 10.1. The van der Waals surface area contributed by atoms with Crippen LogP contribution >= 0.6 is 0 Å². The molecule has 7 nitrogen and oxygen atoms in total. The van der Waals surface area contributed by atoms with Crippen molar-refractivity contribution >= 4 is 17.8 Å². The Kier molecular flexibility index (Phi) is 8.70. The molecule has 0 rings (SSSR count). The number of carboxylic acids is 1. The van der Waals surface area contributed by atoms with Crippen LogP contribution in [0.2, 0.25) is 0 Å². The lowest BCUT2D eigenvalue weighted by atomic mass is 10.00. The van der Waals surface area contributed by atoms with E-state index in [0.717, 1.165) is 0 Å². The van der Waals surface area contributed by atoms with Crippen molar-refractivity contribution in [3.63, 3.8) is 0 Å². The standard InChI is InChI=1S/C15H28N2O5/c1-6-11(18)14(20)16-10(7-8(2)3)13(19)17-12(9(4)5)15(21)22/h8-12,18H,6-7H2,1-5H3,(H,16,20)(H,17,19)(H,21,22)/t10-,11?,12-/m0/s1. The molecule has 0 aliphatic carbocycles. The maximum atomic E-state index is 12.3. The highest BCUT2D eigenvalue weighted by molar-refractivity contribution is 5.91. The van der Waals surface area contributed by atoms with E-state index >= 15 is 0 Å². The zero-order valence-electron chi connectivity index (χ0n) is 13.9. The first-order valence-corrected chi connectivity index (χ1v) is 7.61. The van der Waals surface area contributed by atoms with Gasteiger partial charge in [-0.2, -0.15) is 0 Å². The summed E-state index contributed by atoms with van der Waals surface area (Å²) in [6.45, 7) is 8.81. The van der Waals surface area contributed by atoms with Crippen LogP contribution in [0, 0.1) is 11.8 Å². The van der Waals surface area contributed by atoms with Gasteiger partial charge in [0.2, 0.25) is 11.8 Å². The van der Waals surface area contributed by atoms with Crippen molar-refractivity contribution in [2.24, 2.45) is 11.8 Å². The van der Waals surface area contributed by atoms with Crippen molar-refractivity contribution in [3.05, 3.63) is 0 Å². The third kappa shape index (κ3) is 6.89. The Bertz CT molecular complexity index is 395. The molecule has 0 heterocycles. The summed E-state index contributed by atoms with van der Waals surface area (Å²) >= 11 is 0. The average Bonchev–Trinajstić information content (AvgIpc) is 2.41. The summed E-state index contributed by atoms with van der Waals surface area (Å²) in [5.74, 6) is -2.45. The number of hydrogen-bond acceptors (Lipinski definition) is 4. The molecule has 4 N–H and O–H groups in total. The molecule has 7 heteroatoms. The van der Waals surface area contributed by atoms with Crippen LogP contribution in [0.25, 0.3) is 0 Å². The van der Waals surface area contributed by atoms with Gasteiger partial charge in [-0.3, -0.25) is 9.59 Å². The van der Waals surface area contributed by atoms with Gasteiger partial charge in [0.1, 0.15) is 18.2 Å². The SMILES string of the molecule is CCC(O)C(=O)N[C@@H](CC(C)C)C(=O)N[C@H](C(=O)O)C(C)C. The van der Waals surface area contributed by atoms with E-state index in [2.05, 4.69) is 10.6 Å². The number of amides is 2. The molecule has 1 unspecified atom stereocenters. The van der Waals surface area contributed by atoms with Gasteiger partial charge >= 0.3 is 5.97 Å². The fourth-order valence-corrected chi connectivity index (χ4v) is 1.92. The highest BCUT2D eigenvalue weighted by atomic mass is 16.4. The van der Waals surface area contributed by atoms with Crippen molar-refractivity contribution in [1.82, 2.24) is 10.6 Å². The topological polar surface area (TPSA) is 116 Å². The number of aliphatic hydroxyl groups is 1. The van der Waals surface area contributed by atoms with Crippen LogP contribution in [-0.2, 0) is 14.4 Å². The molecular formula is C15H28N2O5. The van der Waals surface area contributed by atoms with Gasteiger partial charge in [0, 0.05) is 0 Å². The Morgan fingerprint density at radius 2 is 1.55 bits per heavy atom. The smallest absolute Gasteiger partial charge is 0.326 e. The van der Waals surface area contributed by atoms with Crippen LogP contribution in [0.1, 0.15) is 47.5 Å². The van der Waals surface area contributed by atoms with Crippen molar-refractivity contribution in [2.75, 3.05) is 0 Å². The molecule has 0 saturated heterocycles. The predicted molar refractivity (Wildman–Crippen MR) is 82.1 cm³/mol. The molecule has 0 aromatic rings. The molecule has 0 aliphatic rings. The zero-order chi connectivity index (χ0) is 17.4. The van der Waals surface area contributed by atoms with Gasteiger partial charge in [-0.25, -0.2) is 4.79 Å². The number of aliphatic hydroxyl groups excluding tert-OH is 1. The van der Waals surface area contributed by atoms with Gasteiger partial charge < -0.3 is 20.8 Å². The second kappa shape index (κ2) is 9.40. The molecule has 0 spiro atoms. The normalized spacial score (nSPS) is 15.3. The van der Waals surface area contributed by atoms with E-state index in [9.17, 15) is 19.5 Å². The van der Waals surface area contributed by atoms with Gasteiger partial charge in [0.05, 0.1) is 0 Å². The van der Waals surface area contributed by atoms with Gasteiger partial charge in [-0.1, -0.05) is 34.6 Å². The molecule has 2 amide bonds. The van der Waals surface area contributed by atoms with Crippen LogP contribution in [0.5, 0.6) is 0 Å². The molecule has 128 valence electrons. The first-order valence-electron chi connectivity index (χ1n) is 7.61. The minimum absolute atomic E-state index is 0.122. The summed E-state index contributed by atoms with van der Waals surface area (Å²) in [5.41, 5.74) is 0. The summed E-state index contributed by atoms with van der Waals surface area (Å²) in [7, 11) is 0. The average molecular weight is 316 g/mol. The van der Waals surface area contributed by atoms with Crippen LogP contribution in [0.15, 0.2) is 0 Å². The van der Waals surface area contributed by atoms with Gasteiger partial charge in [-0.05, 0) is 24.7 Å². The lowest BCUT2D eigenvalue weighted by molar-refractivity contribution is -0.143. The molecule has 0 saturated carbocycles. The third-order valence-corrected chi connectivity index (χ3v) is 3.26. The number of carbonyl (C=O) groups excluding carboxylic acids is 2. The predicted octanol–water partition coefficient (Wildman–Crippen LogP) is 0.514. The minimum Gasteiger partial charge on any atom is -0.480 e. The minimum atomic E-state index is -1.18. The molecule has 22 heavy (non-hydrogen) atoms. The number of hydrogen-bond donors (Lipinski definition) is 4.